The fourth-order valence-electron chi connectivity index (χ4n) is 3.79. The second-order valence-electron chi connectivity index (χ2n) is 8.10. The molecule has 180 valence electrons. The number of fused-ring (bicyclic) bond motifs is 1. The molecule has 0 saturated carbocycles. The van der Waals surface area contributed by atoms with Gasteiger partial charge < -0.3 is 25.1 Å². The highest BCUT2D eigenvalue weighted by atomic mass is 16.5. The summed E-state index contributed by atoms with van der Waals surface area (Å²) < 4.78 is 11.2. The van der Waals surface area contributed by atoms with Gasteiger partial charge in [0.15, 0.2) is 0 Å². The highest BCUT2D eigenvalue weighted by Crippen LogP contribution is 2.30. The summed E-state index contributed by atoms with van der Waals surface area (Å²) in [7, 11) is 1.64. The lowest BCUT2D eigenvalue weighted by Crippen LogP contribution is -2.19. The van der Waals surface area contributed by atoms with Crippen LogP contribution in [-0.4, -0.2) is 29.7 Å². The lowest BCUT2D eigenvalue weighted by Gasteiger charge is -2.09. The fraction of sp³-hybridized carbons (Fsp3) is 0.107. The number of methoxy groups -OCH3 is 1. The molecule has 5 rings (SSSR count). The zero-order chi connectivity index (χ0) is 24.7. The number of aromatic nitrogens is 2. The summed E-state index contributed by atoms with van der Waals surface area (Å²) in [5, 5.41) is 9.85. The normalized spacial score (nSPS) is 10.7. The highest BCUT2D eigenvalue weighted by molar-refractivity contribution is 5.99. The van der Waals surface area contributed by atoms with E-state index in [1.54, 1.807) is 7.11 Å². The number of ether oxygens (including phenoxy) is 1. The van der Waals surface area contributed by atoms with Gasteiger partial charge in [-0.3, -0.25) is 0 Å². The second kappa shape index (κ2) is 10.6. The first kappa shape index (κ1) is 22.9. The predicted molar refractivity (Wildman–Crippen MR) is 142 cm³/mol. The number of nitrogens with one attached hydrogen (secondary N) is 3. The lowest BCUT2D eigenvalue weighted by molar-refractivity contribution is 0.262. The van der Waals surface area contributed by atoms with Crippen molar-refractivity contribution in [2.45, 2.75) is 6.42 Å². The number of nitrogens with zero attached hydrogens (tertiary/aromatic N) is 2. The van der Waals surface area contributed by atoms with Gasteiger partial charge in [-0.1, -0.05) is 30.3 Å². The number of rotatable bonds is 8. The van der Waals surface area contributed by atoms with Gasteiger partial charge in [-0.25, -0.2) is 14.8 Å². The summed E-state index contributed by atoms with van der Waals surface area (Å²) in [6, 6.07) is 26.4. The van der Waals surface area contributed by atoms with E-state index in [-0.39, 0.29) is 6.03 Å². The zero-order valence-corrected chi connectivity index (χ0v) is 19.7. The third-order valence-electron chi connectivity index (χ3n) is 5.65. The van der Waals surface area contributed by atoms with Crippen LogP contribution in [0.2, 0.25) is 0 Å². The van der Waals surface area contributed by atoms with Crippen LogP contribution in [0, 0.1) is 0 Å². The van der Waals surface area contributed by atoms with E-state index in [9.17, 15) is 4.79 Å². The van der Waals surface area contributed by atoms with Crippen LogP contribution in [0.1, 0.15) is 5.56 Å². The Hall–Kier alpha value is -4.85. The molecule has 3 aromatic carbocycles. The number of carbonyl (C=O) groups is 1. The molecule has 36 heavy (non-hydrogen) atoms. The van der Waals surface area contributed by atoms with Crippen LogP contribution in [0.3, 0.4) is 0 Å². The van der Waals surface area contributed by atoms with Crippen molar-refractivity contribution < 1.29 is 13.9 Å². The molecular formula is C28H25N5O3. The molecule has 0 spiro atoms. The first-order valence-corrected chi connectivity index (χ1v) is 11.5. The molecule has 0 aliphatic heterocycles. The molecule has 0 bridgehead atoms. The van der Waals surface area contributed by atoms with E-state index in [2.05, 4.69) is 25.9 Å². The molecule has 0 fully saturated rings. The summed E-state index contributed by atoms with van der Waals surface area (Å²) in [4.78, 5) is 20.8. The summed E-state index contributed by atoms with van der Waals surface area (Å²) in [5.74, 6) is 2.23. The van der Waals surface area contributed by atoms with Crippen LogP contribution in [0.5, 0.6) is 5.75 Å². The predicted octanol–water partition coefficient (Wildman–Crippen LogP) is 6.20. The Morgan fingerprint density at radius 3 is 2.33 bits per heavy atom. The molecule has 2 amide bonds. The van der Waals surface area contributed by atoms with E-state index >= 15 is 0 Å². The first-order valence-electron chi connectivity index (χ1n) is 11.5. The fourth-order valence-corrected chi connectivity index (χ4v) is 3.79. The van der Waals surface area contributed by atoms with Gasteiger partial charge >= 0.3 is 6.03 Å². The van der Waals surface area contributed by atoms with Crippen molar-refractivity contribution in [1.29, 1.82) is 0 Å². The molecule has 8 nitrogen and oxygen atoms in total. The average Bonchev–Trinajstić information content (AvgIpc) is 3.36. The number of carbonyl (C=O) groups excluding carboxylic acids is 1. The number of urea groups is 1. The van der Waals surface area contributed by atoms with Gasteiger partial charge in [0.25, 0.3) is 0 Å². The maximum atomic E-state index is 12.2. The van der Waals surface area contributed by atoms with Crippen LogP contribution in [-0.2, 0) is 6.42 Å². The van der Waals surface area contributed by atoms with E-state index in [0.717, 1.165) is 51.6 Å². The molecule has 2 heterocycles. The van der Waals surface area contributed by atoms with Crippen molar-refractivity contribution in [3.8, 4) is 17.1 Å². The molecule has 3 N–H and O–H groups in total. The minimum Gasteiger partial charge on any atom is -0.497 e. The van der Waals surface area contributed by atoms with Gasteiger partial charge in [0.05, 0.1) is 12.5 Å². The van der Waals surface area contributed by atoms with Gasteiger partial charge in [0, 0.05) is 23.5 Å². The maximum absolute atomic E-state index is 12.2. The maximum Gasteiger partial charge on any atom is 0.323 e. The van der Waals surface area contributed by atoms with Gasteiger partial charge in [-0.05, 0) is 66.6 Å². The Morgan fingerprint density at radius 2 is 1.61 bits per heavy atom. The highest BCUT2D eigenvalue weighted by Gasteiger charge is 2.12. The molecular weight excluding hydrogens is 454 g/mol. The number of furan rings is 1. The van der Waals surface area contributed by atoms with E-state index in [1.165, 1.54) is 6.33 Å². The molecule has 5 aromatic rings. The third kappa shape index (κ3) is 5.44. The minimum absolute atomic E-state index is 0.280. The van der Waals surface area contributed by atoms with Crippen LogP contribution in [0.4, 0.5) is 22.0 Å². The first-order chi connectivity index (χ1) is 17.7. The van der Waals surface area contributed by atoms with Crippen molar-refractivity contribution in [2.24, 2.45) is 0 Å². The molecule has 2 aromatic heterocycles. The Morgan fingerprint density at radius 1 is 0.889 bits per heavy atom. The SMILES string of the molecule is COc1ccc(-c2cc3c(NCCc4ccc(NC(=O)Nc5ccccc5)cc4)ncnc3o2)cc1. The van der Waals surface area contributed by atoms with Crippen LogP contribution in [0.25, 0.3) is 22.4 Å². The molecule has 0 atom stereocenters. The third-order valence-corrected chi connectivity index (χ3v) is 5.65. The Balaban J connectivity index is 1.18. The van der Waals surface area contributed by atoms with E-state index in [1.807, 2.05) is 84.9 Å². The zero-order valence-electron chi connectivity index (χ0n) is 19.7. The van der Waals surface area contributed by atoms with E-state index in [4.69, 9.17) is 9.15 Å². The van der Waals surface area contributed by atoms with Crippen molar-refractivity contribution in [3.63, 3.8) is 0 Å². The summed E-state index contributed by atoms with van der Waals surface area (Å²) in [6.07, 6.45) is 2.28. The Bertz CT molecular complexity index is 1450. The van der Waals surface area contributed by atoms with Gasteiger partial charge in [0.2, 0.25) is 5.71 Å². The second-order valence-corrected chi connectivity index (χ2v) is 8.10. The Kier molecular flexibility index (Phi) is 6.75. The van der Waals surface area contributed by atoms with Crippen LogP contribution in [0.15, 0.2) is 95.7 Å². The summed E-state index contributed by atoms with van der Waals surface area (Å²) in [5.41, 5.74) is 4.06. The van der Waals surface area contributed by atoms with Crippen LogP contribution >= 0.6 is 0 Å². The number of hydrogen-bond donors (Lipinski definition) is 3. The van der Waals surface area contributed by atoms with Crippen LogP contribution < -0.4 is 20.7 Å². The topological polar surface area (TPSA) is 101 Å². The lowest BCUT2D eigenvalue weighted by atomic mass is 10.1. The van der Waals surface area contributed by atoms with Crippen molar-refractivity contribution in [2.75, 3.05) is 29.6 Å². The summed E-state index contributed by atoms with van der Waals surface area (Å²) in [6.45, 7) is 0.677. The number of para-hydroxylation sites is 1. The number of anilines is 3. The standard InChI is InChI=1S/C28H25N5O3/c1-35-23-13-9-20(10-14-23)25-17-24-26(30-18-31-27(24)36-25)29-16-15-19-7-11-22(12-8-19)33-28(34)32-21-5-3-2-4-6-21/h2-14,17-18H,15-16H2,1H3,(H,29,30,31)(H2,32,33,34). The molecule has 0 saturated heterocycles. The molecule has 8 heteroatoms. The van der Waals surface area contributed by atoms with Crippen molar-refractivity contribution in [1.82, 2.24) is 9.97 Å². The van der Waals surface area contributed by atoms with Crippen molar-refractivity contribution in [3.05, 3.63) is 96.8 Å². The largest absolute Gasteiger partial charge is 0.497 e. The average molecular weight is 480 g/mol. The Labute approximate surface area is 208 Å². The van der Waals surface area contributed by atoms with Crippen molar-refractivity contribution >= 4 is 34.3 Å². The van der Waals surface area contributed by atoms with Gasteiger partial charge in [-0.15, -0.1) is 0 Å². The molecule has 0 aliphatic carbocycles. The monoisotopic (exact) mass is 479 g/mol. The minimum atomic E-state index is -0.280. The summed E-state index contributed by atoms with van der Waals surface area (Å²) >= 11 is 0. The number of amides is 2. The molecule has 0 unspecified atom stereocenters. The molecule has 0 aliphatic rings. The molecule has 0 radical (unpaired) electrons. The van der Waals surface area contributed by atoms with E-state index < -0.39 is 0 Å². The van der Waals surface area contributed by atoms with Gasteiger partial charge in [-0.2, -0.15) is 0 Å². The quantitative estimate of drug-likeness (QED) is 0.245. The van der Waals surface area contributed by atoms with Gasteiger partial charge in [0.1, 0.15) is 23.7 Å². The number of hydrogen-bond acceptors (Lipinski definition) is 6. The smallest absolute Gasteiger partial charge is 0.323 e. The number of benzene rings is 3. The van der Waals surface area contributed by atoms with E-state index in [0.29, 0.717) is 12.3 Å².